The van der Waals surface area contributed by atoms with Gasteiger partial charge in [0.25, 0.3) is 5.92 Å². The van der Waals surface area contributed by atoms with Crippen LogP contribution in [0.4, 0.5) is 13.2 Å². The zero-order chi connectivity index (χ0) is 26.6. The molecule has 1 amide bonds. The third-order valence-electron chi connectivity index (χ3n) is 7.34. The summed E-state index contributed by atoms with van der Waals surface area (Å²) < 4.78 is 55.4. The van der Waals surface area contributed by atoms with Crippen molar-refractivity contribution in [3.8, 4) is 11.1 Å². The predicted octanol–water partition coefficient (Wildman–Crippen LogP) is 5.98. The molecule has 0 saturated heterocycles. The summed E-state index contributed by atoms with van der Waals surface area (Å²) in [4.78, 5) is 19.2. The van der Waals surface area contributed by atoms with Crippen molar-refractivity contribution in [1.29, 1.82) is 0 Å². The van der Waals surface area contributed by atoms with Gasteiger partial charge < -0.3 is 10.3 Å². The number of aliphatic imine (C=N–C) groups is 1. The lowest BCUT2D eigenvalue weighted by Crippen LogP contribution is -2.56. The lowest BCUT2D eigenvalue weighted by molar-refractivity contribution is -0.136. The number of halogens is 4. The van der Waals surface area contributed by atoms with Crippen molar-refractivity contribution in [3.05, 3.63) is 52.8 Å². The van der Waals surface area contributed by atoms with Crippen molar-refractivity contribution >= 4 is 35.9 Å². The van der Waals surface area contributed by atoms with Crippen LogP contribution in [-0.2, 0) is 14.9 Å². The van der Waals surface area contributed by atoms with Gasteiger partial charge in [-0.1, -0.05) is 48.9 Å². The molecule has 2 aliphatic rings. The molecule has 0 spiro atoms. The maximum Gasteiger partial charge on any atom is 0.250 e. The molecule has 1 fully saturated rings. The van der Waals surface area contributed by atoms with E-state index in [0.29, 0.717) is 16.4 Å². The van der Waals surface area contributed by atoms with Gasteiger partial charge >= 0.3 is 0 Å². The van der Waals surface area contributed by atoms with Crippen LogP contribution < -0.4 is 11.0 Å². The van der Waals surface area contributed by atoms with Crippen LogP contribution in [0.2, 0.25) is 5.02 Å². The monoisotopic (exact) mass is 539 g/mol. The Bertz CT molecular complexity index is 1300. The van der Waals surface area contributed by atoms with Crippen LogP contribution in [0.3, 0.4) is 0 Å². The Morgan fingerprint density at radius 2 is 1.89 bits per heavy atom. The van der Waals surface area contributed by atoms with E-state index in [4.69, 9.17) is 17.3 Å². The van der Waals surface area contributed by atoms with E-state index in [0.717, 1.165) is 0 Å². The van der Waals surface area contributed by atoms with E-state index in [-0.39, 0.29) is 48.1 Å². The number of hydrogen-bond acceptors (Lipinski definition) is 4. The standard InChI is InChI=1S/C26H30ClF3N3O2P/c1-15-12-16(10-11-26(15,29)30)33-22(34)14-25(2,32-24(33)31)20-7-5-6-19(23(20)27)18-9-8-17(13-21(18)28)36(3,4)35/h5-9,13,15-16H,10-12,14H2,1-4H3,(H2,31,32)/t15-,16-,25-/m0/s1. The minimum absolute atomic E-state index is 0.0326. The van der Waals surface area contributed by atoms with Crippen LogP contribution in [0.15, 0.2) is 41.4 Å². The molecule has 10 heteroatoms. The average Bonchev–Trinajstić information content (AvgIpc) is 2.75. The largest absolute Gasteiger partial charge is 0.369 e. The second-order valence-corrected chi connectivity index (χ2v) is 14.1. The molecule has 1 saturated carbocycles. The molecule has 5 nitrogen and oxygen atoms in total. The normalized spacial score (nSPS) is 26.6. The zero-order valence-electron chi connectivity index (χ0n) is 20.7. The van der Waals surface area contributed by atoms with Crippen LogP contribution in [0.1, 0.15) is 45.1 Å². The van der Waals surface area contributed by atoms with E-state index in [1.165, 1.54) is 17.9 Å². The van der Waals surface area contributed by atoms with Crippen molar-refractivity contribution in [2.75, 3.05) is 13.3 Å². The van der Waals surface area contributed by atoms with Crippen LogP contribution in [-0.4, -0.2) is 42.1 Å². The molecule has 36 heavy (non-hydrogen) atoms. The van der Waals surface area contributed by atoms with E-state index in [9.17, 15) is 18.1 Å². The number of carbonyl (C=O) groups is 1. The van der Waals surface area contributed by atoms with Crippen molar-refractivity contribution in [2.45, 2.75) is 57.0 Å². The minimum Gasteiger partial charge on any atom is -0.369 e. The molecule has 1 heterocycles. The number of guanidine groups is 1. The first-order valence-electron chi connectivity index (χ1n) is 11.8. The van der Waals surface area contributed by atoms with Gasteiger partial charge in [-0.05, 0) is 44.7 Å². The van der Waals surface area contributed by atoms with Crippen molar-refractivity contribution in [2.24, 2.45) is 16.6 Å². The zero-order valence-corrected chi connectivity index (χ0v) is 22.3. The summed E-state index contributed by atoms with van der Waals surface area (Å²) in [6.45, 7) is 6.35. The van der Waals surface area contributed by atoms with Gasteiger partial charge in [0.15, 0.2) is 5.96 Å². The molecule has 2 aromatic carbocycles. The SMILES string of the molecule is C[C@H]1C[C@@H](N2C(=O)C[C@@](C)(c3cccc(-c4ccc(P(C)(C)=O)cc4F)c3Cl)N=C2N)CCC1(F)F. The molecule has 1 aliphatic heterocycles. The molecule has 2 N–H and O–H groups in total. The van der Waals surface area contributed by atoms with E-state index in [1.54, 1.807) is 50.6 Å². The van der Waals surface area contributed by atoms with Crippen LogP contribution in [0.5, 0.6) is 0 Å². The lowest BCUT2D eigenvalue weighted by Gasteiger charge is -2.43. The number of hydrogen-bond donors (Lipinski definition) is 1. The van der Waals surface area contributed by atoms with E-state index < -0.39 is 36.4 Å². The fraction of sp³-hybridized carbons (Fsp3) is 0.462. The Hall–Kier alpha value is -2.31. The second-order valence-electron chi connectivity index (χ2n) is 10.5. The summed E-state index contributed by atoms with van der Waals surface area (Å²) >= 11 is 6.76. The molecule has 4 rings (SSSR count). The summed E-state index contributed by atoms with van der Waals surface area (Å²) in [6.07, 6.45) is -0.0884. The maximum atomic E-state index is 15.0. The van der Waals surface area contributed by atoms with Crippen LogP contribution in [0, 0.1) is 11.7 Å². The highest BCUT2D eigenvalue weighted by atomic mass is 35.5. The maximum absolute atomic E-state index is 15.0. The molecule has 3 atom stereocenters. The number of benzene rings is 2. The summed E-state index contributed by atoms with van der Waals surface area (Å²) in [5, 5.41) is 0.652. The Morgan fingerprint density at radius 3 is 2.47 bits per heavy atom. The van der Waals surface area contributed by atoms with Gasteiger partial charge in [-0.25, -0.2) is 18.2 Å². The third kappa shape index (κ3) is 4.82. The van der Waals surface area contributed by atoms with Gasteiger partial charge in [0.2, 0.25) is 5.91 Å². The summed E-state index contributed by atoms with van der Waals surface area (Å²) in [5.41, 5.74) is 6.28. The number of nitrogens with zero attached hydrogens (tertiary/aromatic N) is 2. The van der Waals surface area contributed by atoms with Gasteiger partial charge in [-0.2, -0.15) is 0 Å². The Labute approximate surface area is 214 Å². The average molecular weight is 540 g/mol. The van der Waals surface area contributed by atoms with E-state index >= 15 is 4.39 Å². The van der Waals surface area contributed by atoms with E-state index in [2.05, 4.69) is 4.99 Å². The minimum atomic E-state index is -2.76. The molecule has 0 radical (unpaired) electrons. The van der Waals surface area contributed by atoms with Gasteiger partial charge in [0, 0.05) is 34.8 Å². The molecule has 0 aromatic heterocycles. The van der Waals surface area contributed by atoms with Crippen molar-refractivity contribution < 1.29 is 22.5 Å². The first-order chi connectivity index (χ1) is 16.6. The van der Waals surface area contributed by atoms with Crippen molar-refractivity contribution in [1.82, 2.24) is 4.90 Å². The van der Waals surface area contributed by atoms with Crippen molar-refractivity contribution in [3.63, 3.8) is 0 Å². The molecule has 194 valence electrons. The summed E-state index contributed by atoms with van der Waals surface area (Å²) in [7, 11) is -2.64. The molecular formula is C26H30ClF3N3O2P. The third-order valence-corrected chi connectivity index (χ3v) is 9.27. The number of rotatable bonds is 4. The topological polar surface area (TPSA) is 75.8 Å². The number of alkyl halides is 2. The fourth-order valence-electron chi connectivity index (χ4n) is 5.15. The van der Waals surface area contributed by atoms with Crippen LogP contribution >= 0.6 is 18.7 Å². The molecule has 2 aromatic rings. The smallest absolute Gasteiger partial charge is 0.250 e. The van der Waals surface area contributed by atoms with Gasteiger partial charge in [0.05, 0.1) is 17.0 Å². The highest BCUT2D eigenvalue weighted by Crippen LogP contribution is 2.45. The first-order valence-corrected chi connectivity index (χ1v) is 14.8. The van der Waals surface area contributed by atoms with Gasteiger partial charge in [0.1, 0.15) is 13.0 Å². The highest BCUT2D eigenvalue weighted by molar-refractivity contribution is 7.70. The predicted molar refractivity (Wildman–Crippen MR) is 138 cm³/mol. The Morgan fingerprint density at radius 1 is 1.19 bits per heavy atom. The molecule has 1 aliphatic carbocycles. The Balaban J connectivity index is 1.69. The second kappa shape index (κ2) is 9.21. The van der Waals surface area contributed by atoms with E-state index in [1.807, 2.05) is 0 Å². The van der Waals surface area contributed by atoms with Crippen LogP contribution in [0.25, 0.3) is 11.1 Å². The Kier molecular flexibility index (Phi) is 6.85. The number of amides is 1. The fourth-order valence-corrected chi connectivity index (χ4v) is 6.44. The lowest BCUT2D eigenvalue weighted by atomic mass is 9.81. The molecule has 0 bridgehead atoms. The highest BCUT2D eigenvalue weighted by Gasteiger charge is 2.47. The summed E-state index contributed by atoms with van der Waals surface area (Å²) in [6, 6.07) is 9.06. The first kappa shape index (κ1) is 26.7. The number of carbonyl (C=O) groups excluding carboxylic acids is 1. The molecular weight excluding hydrogens is 510 g/mol. The quantitative estimate of drug-likeness (QED) is 0.486. The van der Waals surface area contributed by atoms with Gasteiger partial charge in [-0.15, -0.1) is 0 Å². The van der Waals surface area contributed by atoms with Gasteiger partial charge in [-0.3, -0.25) is 9.69 Å². The summed E-state index contributed by atoms with van der Waals surface area (Å²) in [5.74, 6) is -4.53. The molecule has 0 unspecified atom stereocenters. The number of nitrogens with two attached hydrogens (primary N) is 1.